The van der Waals surface area contributed by atoms with Gasteiger partial charge in [-0.05, 0) is 41.4 Å². The smallest absolute Gasteiger partial charge is 0.255 e. The Morgan fingerprint density at radius 3 is 3.05 bits per heavy atom. The number of anilines is 1. The molecular formula is C12H11BrClN5S. The Morgan fingerprint density at radius 1 is 1.45 bits per heavy atom. The largest absolute Gasteiger partial charge is 0.369 e. The van der Waals surface area contributed by atoms with E-state index in [0.29, 0.717) is 10.9 Å². The summed E-state index contributed by atoms with van der Waals surface area (Å²) in [4.78, 5) is 9.56. The average molecular weight is 373 g/mol. The first-order valence-electron chi connectivity index (χ1n) is 5.99. The molecule has 8 heteroatoms. The maximum absolute atomic E-state index is 6.11. The van der Waals surface area contributed by atoms with Crippen molar-refractivity contribution in [2.45, 2.75) is 13.3 Å². The van der Waals surface area contributed by atoms with Crippen LogP contribution < -0.4 is 5.32 Å². The summed E-state index contributed by atoms with van der Waals surface area (Å²) in [5.74, 6) is 1.34. The average Bonchev–Trinajstić information content (AvgIpc) is 3.03. The van der Waals surface area contributed by atoms with Crippen molar-refractivity contribution in [2.75, 3.05) is 11.9 Å². The molecule has 0 amide bonds. The fourth-order valence-electron chi connectivity index (χ4n) is 1.90. The van der Waals surface area contributed by atoms with E-state index in [0.717, 1.165) is 28.1 Å². The minimum atomic E-state index is 0.451. The van der Waals surface area contributed by atoms with Crippen LogP contribution in [0.3, 0.4) is 0 Å². The summed E-state index contributed by atoms with van der Waals surface area (Å²) in [5, 5.41) is 7.99. The van der Waals surface area contributed by atoms with Crippen molar-refractivity contribution in [3.05, 3.63) is 37.8 Å². The van der Waals surface area contributed by atoms with Crippen LogP contribution in [0.4, 0.5) is 5.82 Å². The lowest BCUT2D eigenvalue weighted by molar-refractivity contribution is 0.907. The van der Waals surface area contributed by atoms with Gasteiger partial charge >= 0.3 is 0 Å². The molecule has 0 radical (unpaired) electrons. The number of hydrogen-bond donors (Lipinski definition) is 1. The number of aromatic nitrogens is 4. The zero-order valence-corrected chi connectivity index (χ0v) is 13.8. The van der Waals surface area contributed by atoms with Crippen LogP contribution >= 0.6 is 38.9 Å². The Hall–Kier alpha value is -1.18. The molecule has 0 saturated heterocycles. The van der Waals surface area contributed by atoms with E-state index in [2.05, 4.69) is 48.4 Å². The molecule has 0 aromatic carbocycles. The Morgan fingerprint density at radius 2 is 2.30 bits per heavy atom. The maximum Gasteiger partial charge on any atom is 0.255 e. The molecule has 5 nitrogen and oxygen atoms in total. The molecule has 0 saturated carbocycles. The summed E-state index contributed by atoms with van der Waals surface area (Å²) >= 11 is 11.3. The zero-order valence-electron chi connectivity index (χ0n) is 10.6. The maximum atomic E-state index is 6.11. The van der Waals surface area contributed by atoms with E-state index in [1.165, 1.54) is 11.2 Å². The van der Waals surface area contributed by atoms with Gasteiger partial charge in [0.15, 0.2) is 0 Å². The van der Waals surface area contributed by atoms with Crippen LogP contribution in [0.5, 0.6) is 0 Å². The van der Waals surface area contributed by atoms with Gasteiger partial charge in [-0.1, -0.05) is 11.6 Å². The molecule has 0 aliphatic rings. The van der Waals surface area contributed by atoms with Crippen molar-refractivity contribution >= 4 is 50.5 Å². The predicted molar refractivity (Wildman–Crippen MR) is 84.7 cm³/mol. The van der Waals surface area contributed by atoms with E-state index in [9.17, 15) is 0 Å². The van der Waals surface area contributed by atoms with Crippen LogP contribution in [0.2, 0.25) is 5.15 Å². The molecule has 1 N–H and O–H groups in total. The van der Waals surface area contributed by atoms with Crippen molar-refractivity contribution < 1.29 is 0 Å². The third-order valence-electron chi connectivity index (χ3n) is 2.90. The van der Waals surface area contributed by atoms with Crippen LogP contribution in [0.1, 0.15) is 10.4 Å². The fourth-order valence-corrected chi connectivity index (χ4v) is 3.54. The summed E-state index contributed by atoms with van der Waals surface area (Å²) in [6.07, 6.45) is 2.41. The number of thiophene rings is 1. The third-order valence-corrected chi connectivity index (χ3v) is 4.95. The van der Waals surface area contributed by atoms with Gasteiger partial charge in [0.2, 0.25) is 0 Å². The van der Waals surface area contributed by atoms with Gasteiger partial charge in [-0.25, -0.2) is 0 Å². The number of rotatable bonds is 4. The van der Waals surface area contributed by atoms with Crippen LogP contribution in [-0.4, -0.2) is 26.1 Å². The summed E-state index contributed by atoms with van der Waals surface area (Å²) < 4.78 is 2.82. The highest BCUT2D eigenvalue weighted by atomic mass is 79.9. The molecule has 0 aliphatic heterocycles. The summed E-state index contributed by atoms with van der Waals surface area (Å²) in [7, 11) is 0. The standard InChI is InChI=1S/C12H11BrClN5S/c1-7-10(14)18-12-16-6-17-19(12)11(7)15-5-4-8-2-3-9(13)20-8/h2-3,6,15H,4-5H2,1H3. The summed E-state index contributed by atoms with van der Waals surface area (Å²) in [5.41, 5.74) is 0.872. The van der Waals surface area contributed by atoms with Gasteiger partial charge in [0, 0.05) is 17.0 Å². The lowest BCUT2D eigenvalue weighted by Gasteiger charge is -2.11. The molecule has 20 heavy (non-hydrogen) atoms. The minimum Gasteiger partial charge on any atom is -0.369 e. The third kappa shape index (κ3) is 2.65. The van der Waals surface area contributed by atoms with Gasteiger partial charge in [-0.3, -0.25) is 0 Å². The zero-order chi connectivity index (χ0) is 14.1. The molecule has 0 aliphatic carbocycles. The predicted octanol–water partition coefficient (Wildman–Crippen LogP) is 3.56. The van der Waals surface area contributed by atoms with Crippen molar-refractivity contribution in [1.82, 2.24) is 19.6 Å². The Kier molecular flexibility index (Phi) is 3.91. The molecule has 0 fully saturated rings. The van der Waals surface area contributed by atoms with Gasteiger partial charge in [0.05, 0.1) is 3.79 Å². The van der Waals surface area contributed by atoms with Gasteiger partial charge < -0.3 is 5.32 Å². The van der Waals surface area contributed by atoms with Gasteiger partial charge in [-0.15, -0.1) is 11.3 Å². The molecule has 3 aromatic heterocycles. The normalized spacial score (nSPS) is 11.2. The summed E-state index contributed by atoms with van der Waals surface area (Å²) in [6, 6.07) is 4.18. The van der Waals surface area contributed by atoms with Crippen LogP contribution in [0.25, 0.3) is 5.78 Å². The Labute approximate surface area is 133 Å². The number of fused-ring (bicyclic) bond motifs is 1. The van der Waals surface area contributed by atoms with Crippen molar-refractivity contribution in [3.63, 3.8) is 0 Å². The SMILES string of the molecule is Cc1c(Cl)nc2ncnn2c1NCCc1ccc(Br)s1. The van der Waals surface area contributed by atoms with Crippen molar-refractivity contribution in [1.29, 1.82) is 0 Å². The topological polar surface area (TPSA) is 55.1 Å². The Balaban J connectivity index is 1.80. The van der Waals surface area contributed by atoms with Crippen LogP contribution in [0.15, 0.2) is 22.2 Å². The first kappa shape index (κ1) is 13.8. The first-order valence-corrected chi connectivity index (χ1v) is 7.98. The molecule has 3 aromatic rings. The van der Waals surface area contributed by atoms with Crippen LogP contribution in [0, 0.1) is 6.92 Å². The van der Waals surface area contributed by atoms with E-state index in [1.807, 2.05) is 6.92 Å². The van der Waals surface area contributed by atoms with E-state index >= 15 is 0 Å². The number of nitrogens with one attached hydrogen (secondary N) is 1. The lowest BCUT2D eigenvalue weighted by Crippen LogP contribution is -2.11. The molecule has 3 heterocycles. The highest BCUT2D eigenvalue weighted by molar-refractivity contribution is 9.11. The minimum absolute atomic E-state index is 0.451. The number of nitrogens with zero attached hydrogens (tertiary/aromatic N) is 4. The van der Waals surface area contributed by atoms with E-state index in [1.54, 1.807) is 15.9 Å². The molecular weight excluding hydrogens is 362 g/mol. The van der Waals surface area contributed by atoms with E-state index < -0.39 is 0 Å². The highest BCUT2D eigenvalue weighted by Crippen LogP contribution is 2.24. The molecule has 0 bridgehead atoms. The second kappa shape index (κ2) is 5.67. The molecule has 0 spiro atoms. The second-order valence-electron chi connectivity index (χ2n) is 4.23. The second-order valence-corrected chi connectivity index (χ2v) is 7.14. The quantitative estimate of drug-likeness (QED) is 0.711. The monoisotopic (exact) mass is 371 g/mol. The van der Waals surface area contributed by atoms with Gasteiger partial charge in [0.1, 0.15) is 17.3 Å². The fraction of sp³-hybridized carbons (Fsp3) is 0.250. The lowest BCUT2D eigenvalue weighted by atomic mass is 10.3. The molecule has 0 atom stereocenters. The first-order chi connectivity index (χ1) is 9.65. The van der Waals surface area contributed by atoms with E-state index in [4.69, 9.17) is 11.6 Å². The van der Waals surface area contributed by atoms with Crippen molar-refractivity contribution in [2.24, 2.45) is 0 Å². The number of hydrogen-bond acceptors (Lipinski definition) is 5. The molecule has 3 rings (SSSR count). The van der Waals surface area contributed by atoms with Crippen molar-refractivity contribution in [3.8, 4) is 0 Å². The molecule has 104 valence electrons. The highest BCUT2D eigenvalue weighted by Gasteiger charge is 2.11. The Bertz CT molecular complexity index is 753. The van der Waals surface area contributed by atoms with Crippen LogP contribution in [-0.2, 0) is 6.42 Å². The summed E-state index contributed by atoms with van der Waals surface area (Å²) in [6.45, 7) is 2.71. The van der Waals surface area contributed by atoms with E-state index in [-0.39, 0.29) is 0 Å². The van der Waals surface area contributed by atoms with Gasteiger partial charge in [0.25, 0.3) is 5.78 Å². The van der Waals surface area contributed by atoms with Gasteiger partial charge in [-0.2, -0.15) is 19.6 Å². The molecule has 0 unspecified atom stereocenters. The number of halogens is 2.